The van der Waals surface area contributed by atoms with E-state index in [1.165, 1.54) is 0 Å². The number of piperidine rings is 1. The lowest BCUT2D eigenvalue weighted by Gasteiger charge is -2.45. The monoisotopic (exact) mass is 329 g/mol. The van der Waals surface area contributed by atoms with Gasteiger partial charge in [0.2, 0.25) is 10.0 Å². The lowest BCUT2D eigenvalue weighted by Crippen LogP contribution is -2.45. The third-order valence-electron chi connectivity index (χ3n) is 5.23. The van der Waals surface area contributed by atoms with Gasteiger partial charge in [-0.3, -0.25) is 4.79 Å². The Bertz CT molecular complexity index is 522. The van der Waals surface area contributed by atoms with Crippen LogP contribution in [0, 0.1) is 11.3 Å². The van der Waals surface area contributed by atoms with Crippen molar-refractivity contribution in [2.75, 3.05) is 18.8 Å². The first-order valence-corrected chi connectivity index (χ1v) is 9.67. The van der Waals surface area contributed by atoms with Gasteiger partial charge in [0.05, 0.1) is 5.75 Å². The molecule has 1 aliphatic heterocycles. The Balaban J connectivity index is 1.87. The molecule has 0 aromatic rings. The molecule has 0 aromatic heterocycles. The molecule has 1 aliphatic carbocycles. The molecule has 0 aromatic carbocycles. The Morgan fingerprint density at radius 2 is 1.77 bits per heavy atom. The zero-order valence-corrected chi connectivity index (χ0v) is 14.2. The Kier molecular flexibility index (Phi) is 5.33. The Morgan fingerprint density at radius 1 is 1.23 bits per heavy atom. The summed E-state index contributed by atoms with van der Waals surface area (Å²) < 4.78 is 26.1. The van der Waals surface area contributed by atoms with E-state index in [0.717, 1.165) is 38.5 Å². The summed E-state index contributed by atoms with van der Waals surface area (Å²) in [5.74, 6) is -0.365. The van der Waals surface area contributed by atoms with Gasteiger partial charge >= 0.3 is 5.97 Å². The average Bonchev–Trinajstić information content (AvgIpc) is 2.40. The molecule has 0 radical (unpaired) electrons. The van der Waals surface area contributed by atoms with Crippen LogP contribution in [0.3, 0.4) is 0 Å². The van der Waals surface area contributed by atoms with Crippen molar-refractivity contribution in [1.29, 1.82) is 0 Å². The highest BCUT2D eigenvalue weighted by Crippen LogP contribution is 2.47. The number of hydrogen-bond acceptors (Lipinski definition) is 3. The number of rotatable bonds is 5. The van der Waals surface area contributed by atoms with Crippen molar-refractivity contribution in [2.45, 2.75) is 51.9 Å². The van der Waals surface area contributed by atoms with Gasteiger partial charge in [-0.05, 0) is 56.8 Å². The molecule has 1 heterocycles. The number of hydrogen-bond donors (Lipinski definition) is 1. The SMILES string of the molecule is C=C(C)CS(=O)(=O)N1CCC2(CCC(CC(=O)O)CC2)CC1. The molecule has 1 spiro atoms. The van der Waals surface area contributed by atoms with Gasteiger partial charge in [-0.2, -0.15) is 0 Å². The highest BCUT2D eigenvalue weighted by Gasteiger charge is 2.40. The zero-order valence-electron chi connectivity index (χ0n) is 13.4. The van der Waals surface area contributed by atoms with Crippen molar-refractivity contribution in [3.05, 3.63) is 12.2 Å². The number of aliphatic carboxylic acids is 1. The third kappa shape index (κ3) is 4.32. The largest absolute Gasteiger partial charge is 0.481 e. The molecule has 0 amide bonds. The zero-order chi connectivity index (χ0) is 16.4. The summed E-state index contributed by atoms with van der Waals surface area (Å²) in [6, 6.07) is 0. The van der Waals surface area contributed by atoms with Gasteiger partial charge in [-0.25, -0.2) is 12.7 Å². The van der Waals surface area contributed by atoms with Crippen molar-refractivity contribution in [3.63, 3.8) is 0 Å². The number of carboxylic acids is 1. The fourth-order valence-electron chi connectivity index (χ4n) is 3.88. The summed E-state index contributed by atoms with van der Waals surface area (Å²) in [7, 11) is -3.21. The summed E-state index contributed by atoms with van der Waals surface area (Å²) >= 11 is 0. The van der Waals surface area contributed by atoms with Gasteiger partial charge in [0.1, 0.15) is 0 Å². The molecule has 1 saturated carbocycles. The quantitative estimate of drug-likeness (QED) is 0.787. The van der Waals surface area contributed by atoms with E-state index in [4.69, 9.17) is 5.11 Å². The van der Waals surface area contributed by atoms with Crippen LogP contribution in [-0.4, -0.2) is 42.6 Å². The van der Waals surface area contributed by atoms with E-state index in [0.29, 0.717) is 24.6 Å². The minimum absolute atomic E-state index is 0.0423. The van der Waals surface area contributed by atoms with Gasteiger partial charge in [-0.15, -0.1) is 0 Å². The number of carboxylic acid groups (broad SMARTS) is 1. The molecule has 2 rings (SSSR count). The number of sulfonamides is 1. The third-order valence-corrected chi connectivity index (χ3v) is 7.24. The molecule has 0 bridgehead atoms. The van der Waals surface area contributed by atoms with E-state index < -0.39 is 16.0 Å². The molecular formula is C16H27NO4S. The van der Waals surface area contributed by atoms with E-state index >= 15 is 0 Å². The molecule has 22 heavy (non-hydrogen) atoms. The van der Waals surface area contributed by atoms with Crippen LogP contribution in [0.15, 0.2) is 12.2 Å². The average molecular weight is 329 g/mol. The smallest absolute Gasteiger partial charge is 0.303 e. The summed E-state index contributed by atoms with van der Waals surface area (Å²) in [6.45, 7) is 6.63. The highest BCUT2D eigenvalue weighted by atomic mass is 32.2. The van der Waals surface area contributed by atoms with Crippen LogP contribution >= 0.6 is 0 Å². The second-order valence-corrected chi connectivity index (χ2v) is 9.12. The Hall–Kier alpha value is -0.880. The van der Waals surface area contributed by atoms with E-state index in [9.17, 15) is 13.2 Å². The second-order valence-electron chi connectivity index (χ2n) is 7.15. The standard InChI is InChI=1S/C16H27NO4S/c1-13(2)12-22(20,21)17-9-7-16(8-10-17)5-3-14(4-6-16)11-15(18)19/h14H,1,3-12H2,2H3,(H,18,19). The van der Waals surface area contributed by atoms with Crippen LogP contribution in [0.4, 0.5) is 0 Å². The predicted molar refractivity (Wildman–Crippen MR) is 86.1 cm³/mol. The highest BCUT2D eigenvalue weighted by molar-refractivity contribution is 7.89. The van der Waals surface area contributed by atoms with Crippen molar-refractivity contribution in [3.8, 4) is 0 Å². The molecule has 2 aliphatic rings. The van der Waals surface area contributed by atoms with Crippen LogP contribution in [0.2, 0.25) is 0 Å². The van der Waals surface area contributed by atoms with E-state index in [-0.39, 0.29) is 17.6 Å². The van der Waals surface area contributed by atoms with Gasteiger partial charge < -0.3 is 5.11 Å². The van der Waals surface area contributed by atoms with Gasteiger partial charge in [-0.1, -0.05) is 12.2 Å². The van der Waals surface area contributed by atoms with Crippen LogP contribution in [0.25, 0.3) is 0 Å². The molecule has 2 fully saturated rings. The molecular weight excluding hydrogens is 302 g/mol. The fourth-order valence-corrected chi connectivity index (χ4v) is 5.43. The van der Waals surface area contributed by atoms with Gasteiger partial charge in [0, 0.05) is 19.5 Å². The van der Waals surface area contributed by atoms with Crippen LogP contribution in [-0.2, 0) is 14.8 Å². The first kappa shape index (κ1) is 17.5. The van der Waals surface area contributed by atoms with Crippen LogP contribution in [0.5, 0.6) is 0 Å². The summed E-state index contributed by atoms with van der Waals surface area (Å²) in [5.41, 5.74) is 0.916. The Morgan fingerprint density at radius 3 is 2.23 bits per heavy atom. The molecule has 126 valence electrons. The molecule has 0 atom stereocenters. The lowest BCUT2D eigenvalue weighted by atomic mass is 9.65. The van der Waals surface area contributed by atoms with Crippen molar-refractivity contribution in [1.82, 2.24) is 4.31 Å². The summed E-state index contributed by atoms with van der Waals surface area (Å²) in [5, 5.41) is 8.88. The number of nitrogens with zero attached hydrogens (tertiary/aromatic N) is 1. The van der Waals surface area contributed by atoms with Gasteiger partial charge in [0.15, 0.2) is 0 Å². The molecule has 6 heteroatoms. The molecule has 0 unspecified atom stereocenters. The first-order valence-electron chi connectivity index (χ1n) is 8.06. The van der Waals surface area contributed by atoms with Crippen molar-refractivity contribution >= 4 is 16.0 Å². The predicted octanol–water partition coefficient (Wildman–Crippen LogP) is 2.64. The maximum Gasteiger partial charge on any atom is 0.303 e. The van der Waals surface area contributed by atoms with Crippen molar-refractivity contribution in [2.24, 2.45) is 11.3 Å². The maximum absolute atomic E-state index is 12.2. The minimum Gasteiger partial charge on any atom is -0.481 e. The molecule has 1 saturated heterocycles. The lowest BCUT2D eigenvalue weighted by molar-refractivity contribution is -0.138. The molecule has 1 N–H and O–H groups in total. The normalized spacial score (nSPS) is 23.5. The topological polar surface area (TPSA) is 74.7 Å². The van der Waals surface area contributed by atoms with Crippen molar-refractivity contribution < 1.29 is 18.3 Å². The first-order chi connectivity index (χ1) is 10.2. The minimum atomic E-state index is -3.21. The summed E-state index contributed by atoms with van der Waals surface area (Å²) in [4.78, 5) is 10.8. The second kappa shape index (κ2) is 6.71. The fraction of sp³-hybridized carbons (Fsp3) is 0.812. The number of carbonyl (C=O) groups is 1. The van der Waals surface area contributed by atoms with Gasteiger partial charge in [0.25, 0.3) is 0 Å². The van der Waals surface area contributed by atoms with E-state index in [1.807, 2.05) is 0 Å². The maximum atomic E-state index is 12.2. The van der Waals surface area contributed by atoms with Crippen LogP contribution < -0.4 is 0 Å². The molecule has 5 nitrogen and oxygen atoms in total. The van der Waals surface area contributed by atoms with Crippen LogP contribution in [0.1, 0.15) is 51.9 Å². The van der Waals surface area contributed by atoms with E-state index in [1.54, 1.807) is 11.2 Å². The van der Waals surface area contributed by atoms with E-state index in [2.05, 4.69) is 6.58 Å². The Labute approximate surface area is 133 Å². The summed E-state index contributed by atoms with van der Waals surface area (Å²) in [6.07, 6.45) is 6.09.